The van der Waals surface area contributed by atoms with Gasteiger partial charge >= 0.3 is 0 Å². The largest absolute Gasteiger partial charge is 0.263 e. The molecule has 2 rings (SSSR count). The fourth-order valence-corrected chi connectivity index (χ4v) is 1.69. The maximum Gasteiger partial charge on any atom is 0.130 e. The number of nitrogens with zero attached hydrogens (tertiary/aromatic N) is 4. The van der Waals surface area contributed by atoms with E-state index in [1.54, 1.807) is 12.3 Å². The average molecular weight is 256 g/mol. The second-order valence-corrected chi connectivity index (χ2v) is 3.98. The molecule has 0 aliphatic heterocycles. The number of pyridine rings is 1. The van der Waals surface area contributed by atoms with Crippen molar-refractivity contribution in [1.29, 1.82) is 15.8 Å². The van der Waals surface area contributed by atoms with Crippen LogP contribution in [0.1, 0.15) is 11.1 Å². The summed E-state index contributed by atoms with van der Waals surface area (Å²) in [4.78, 5) is 4.01. The van der Waals surface area contributed by atoms with Crippen molar-refractivity contribution in [2.45, 2.75) is 0 Å². The molecule has 0 saturated carbocycles. The van der Waals surface area contributed by atoms with Gasteiger partial charge in [-0.2, -0.15) is 15.8 Å². The number of allylic oxidation sites excluding steroid dienone is 1. The second kappa shape index (κ2) is 5.96. The van der Waals surface area contributed by atoms with E-state index in [9.17, 15) is 0 Å². The third kappa shape index (κ3) is 2.88. The Morgan fingerprint density at radius 3 is 2.25 bits per heavy atom. The predicted octanol–water partition coefficient (Wildman–Crippen LogP) is 3.05. The zero-order valence-electron chi connectivity index (χ0n) is 10.4. The van der Waals surface area contributed by atoms with Crippen molar-refractivity contribution in [2.75, 3.05) is 0 Å². The molecule has 0 aliphatic carbocycles. The molecule has 1 heterocycles. The van der Waals surface area contributed by atoms with Gasteiger partial charge in [0, 0.05) is 18.0 Å². The molecule has 20 heavy (non-hydrogen) atoms. The van der Waals surface area contributed by atoms with Gasteiger partial charge in [-0.25, -0.2) is 0 Å². The summed E-state index contributed by atoms with van der Waals surface area (Å²) in [6.07, 6.45) is 4.71. The Bertz CT molecular complexity index is 765. The lowest BCUT2D eigenvalue weighted by Crippen LogP contribution is -1.84. The van der Waals surface area contributed by atoms with Crippen LogP contribution in [-0.2, 0) is 0 Å². The summed E-state index contributed by atoms with van der Waals surface area (Å²) in [6, 6.07) is 14.8. The van der Waals surface area contributed by atoms with Gasteiger partial charge in [-0.3, -0.25) is 4.98 Å². The third-order valence-corrected chi connectivity index (χ3v) is 2.66. The Hall–Kier alpha value is -3.42. The molecule has 0 saturated heterocycles. The summed E-state index contributed by atoms with van der Waals surface area (Å²) in [6.45, 7) is 0. The highest BCUT2D eigenvalue weighted by molar-refractivity contribution is 5.68. The molecule has 0 spiro atoms. The Morgan fingerprint density at radius 1 is 0.950 bits per heavy atom. The summed E-state index contributed by atoms with van der Waals surface area (Å²) in [7, 11) is 0. The van der Waals surface area contributed by atoms with Crippen LogP contribution in [0.25, 0.3) is 17.2 Å². The van der Waals surface area contributed by atoms with E-state index >= 15 is 0 Å². The maximum absolute atomic E-state index is 8.85. The Kier molecular flexibility index (Phi) is 3.88. The van der Waals surface area contributed by atoms with Crippen LogP contribution in [0.2, 0.25) is 0 Å². The van der Waals surface area contributed by atoms with E-state index in [1.807, 2.05) is 42.5 Å². The molecule has 0 atom stereocenters. The van der Waals surface area contributed by atoms with Gasteiger partial charge in [0.15, 0.2) is 0 Å². The second-order valence-electron chi connectivity index (χ2n) is 3.98. The molecule has 0 amide bonds. The zero-order chi connectivity index (χ0) is 14.4. The number of nitriles is 3. The predicted molar refractivity (Wildman–Crippen MR) is 73.6 cm³/mol. The Labute approximate surface area is 116 Å². The number of rotatable bonds is 2. The van der Waals surface area contributed by atoms with Crippen molar-refractivity contribution < 1.29 is 0 Å². The van der Waals surface area contributed by atoms with Crippen LogP contribution in [-0.4, -0.2) is 4.98 Å². The Morgan fingerprint density at radius 2 is 1.65 bits per heavy atom. The van der Waals surface area contributed by atoms with Crippen molar-refractivity contribution >= 4 is 6.08 Å². The number of hydrogen-bond acceptors (Lipinski definition) is 4. The van der Waals surface area contributed by atoms with Gasteiger partial charge in [0.2, 0.25) is 0 Å². The monoisotopic (exact) mass is 256 g/mol. The average Bonchev–Trinajstić information content (AvgIpc) is 2.53. The van der Waals surface area contributed by atoms with Gasteiger partial charge in [-0.1, -0.05) is 24.3 Å². The van der Waals surface area contributed by atoms with Gasteiger partial charge in [-0.05, 0) is 23.3 Å². The summed E-state index contributed by atoms with van der Waals surface area (Å²) in [5, 5.41) is 26.2. The highest BCUT2D eigenvalue weighted by Gasteiger charge is 2.00. The minimum atomic E-state index is 0.0610. The van der Waals surface area contributed by atoms with Gasteiger partial charge < -0.3 is 0 Å². The number of hydrogen-bond donors (Lipinski definition) is 0. The van der Waals surface area contributed by atoms with E-state index in [0.29, 0.717) is 5.56 Å². The lowest BCUT2D eigenvalue weighted by atomic mass is 10.0. The molecule has 92 valence electrons. The SMILES string of the molecule is N#CC(C#N)=Cc1ccc(-c2cncc(C#N)c2)cc1. The van der Waals surface area contributed by atoms with E-state index in [-0.39, 0.29) is 5.57 Å². The van der Waals surface area contributed by atoms with Gasteiger partial charge in [0.05, 0.1) is 5.56 Å². The van der Waals surface area contributed by atoms with Crippen LogP contribution in [0.5, 0.6) is 0 Å². The first-order valence-electron chi connectivity index (χ1n) is 5.74. The van der Waals surface area contributed by atoms with Gasteiger partial charge in [-0.15, -0.1) is 0 Å². The van der Waals surface area contributed by atoms with E-state index in [1.165, 1.54) is 12.3 Å². The highest BCUT2D eigenvalue weighted by Crippen LogP contribution is 2.20. The molecule has 1 aromatic heterocycles. The van der Waals surface area contributed by atoms with Crippen LogP contribution in [0.15, 0.2) is 48.3 Å². The van der Waals surface area contributed by atoms with Crippen molar-refractivity contribution in [1.82, 2.24) is 4.98 Å². The smallest absolute Gasteiger partial charge is 0.130 e. The molecule has 4 heteroatoms. The van der Waals surface area contributed by atoms with E-state index < -0.39 is 0 Å². The molecular weight excluding hydrogens is 248 g/mol. The molecule has 0 unspecified atom stereocenters. The van der Waals surface area contributed by atoms with E-state index in [2.05, 4.69) is 4.98 Å². The normalized spacial score (nSPS) is 8.85. The van der Waals surface area contributed by atoms with Crippen LogP contribution < -0.4 is 0 Å². The molecule has 1 aromatic carbocycles. The van der Waals surface area contributed by atoms with Crippen LogP contribution >= 0.6 is 0 Å². The topological polar surface area (TPSA) is 84.3 Å². The summed E-state index contributed by atoms with van der Waals surface area (Å²) in [5.41, 5.74) is 3.10. The fourth-order valence-electron chi connectivity index (χ4n) is 1.69. The summed E-state index contributed by atoms with van der Waals surface area (Å²) in [5.74, 6) is 0. The van der Waals surface area contributed by atoms with Crippen molar-refractivity contribution in [3.8, 4) is 29.3 Å². The molecular formula is C16H8N4. The van der Waals surface area contributed by atoms with Crippen molar-refractivity contribution in [2.24, 2.45) is 0 Å². The fraction of sp³-hybridized carbons (Fsp3) is 0. The lowest BCUT2D eigenvalue weighted by molar-refractivity contribution is 1.30. The molecule has 0 fully saturated rings. The third-order valence-electron chi connectivity index (χ3n) is 2.66. The number of aromatic nitrogens is 1. The van der Waals surface area contributed by atoms with Crippen LogP contribution in [0.4, 0.5) is 0 Å². The minimum absolute atomic E-state index is 0.0610. The molecule has 0 radical (unpaired) electrons. The first-order valence-corrected chi connectivity index (χ1v) is 5.74. The van der Waals surface area contributed by atoms with Gasteiger partial charge in [0.25, 0.3) is 0 Å². The standard InChI is InChI=1S/C16H8N4/c17-7-13(8-18)5-12-1-3-15(4-2-12)16-6-14(9-19)10-20-11-16/h1-6,10-11H. The first kappa shape index (κ1) is 13.0. The van der Waals surface area contributed by atoms with Crippen LogP contribution in [0.3, 0.4) is 0 Å². The van der Waals surface area contributed by atoms with E-state index in [4.69, 9.17) is 15.8 Å². The highest BCUT2D eigenvalue weighted by atomic mass is 14.6. The lowest BCUT2D eigenvalue weighted by Gasteiger charge is -2.02. The minimum Gasteiger partial charge on any atom is -0.263 e. The molecule has 0 aliphatic rings. The number of benzene rings is 1. The molecule has 0 bridgehead atoms. The quantitative estimate of drug-likeness (QED) is 0.773. The van der Waals surface area contributed by atoms with E-state index in [0.717, 1.165) is 16.7 Å². The van der Waals surface area contributed by atoms with Crippen molar-refractivity contribution in [3.05, 3.63) is 59.4 Å². The summed E-state index contributed by atoms with van der Waals surface area (Å²) < 4.78 is 0. The van der Waals surface area contributed by atoms with Gasteiger partial charge in [0.1, 0.15) is 23.8 Å². The molecule has 4 nitrogen and oxygen atoms in total. The molecule has 2 aromatic rings. The maximum atomic E-state index is 8.85. The first-order chi connectivity index (χ1) is 9.76. The van der Waals surface area contributed by atoms with Crippen molar-refractivity contribution in [3.63, 3.8) is 0 Å². The van der Waals surface area contributed by atoms with Crippen LogP contribution in [0, 0.1) is 34.0 Å². The Balaban J connectivity index is 2.34. The molecule has 0 N–H and O–H groups in total. The summed E-state index contributed by atoms with van der Waals surface area (Å²) >= 11 is 0. The zero-order valence-corrected chi connectivity index (χ0v) is 10.4.